The fourth-order valence-electron chi connectivity index (χ4n) is 3.29. The van der Waals surface area contributed by atoms with Gasteiger partial charge in [0.1, 0.15) is 0 Å². The van der Waals surface area contributed by atoms with Gasteiger partial charge in [-0.15, -0.1) is 0 Å². The molecule has 0 spiro atoms. The maximum Gasteiger partial charge on any atom is 0.164 e. The number of piperidine rings is 1. The summed E-state index contributed by atoms with van der Waals surface area (Å²) in [5.74, 6) is 1.54. The van der Waals surface area contributed by atoms with Crippen LogP contribution in [0.4, 0.5) is 0 Å². The van der Waals surface area contributed by atoms with E-state index in [4.69, 9.17) is 20.4 Å². The Hall–Kier alpha value is -2.21. The summed E-state index contributed by atoms with van der Waals surface area (Å²) in [7, 11) is 3.30. The van der Waals surface area contributed by atoms with Crippen molar-refractivity contribution in [1.29, 1.82) is 0 Å². The summed E-state index contributed by atoms with van der Waals surface area (Å²) in [5, 5.41) is 11.7. The minimum absolute atomic E-state index is 0.0639. The zero-order valence-electron chi connectivity index (χ0n) is 15.2. The Bertz CT molecular complexity index is 608. The van der Waals surface area contributed by atoms with Gasteiger partial charge in [0.2, 0.25) is 0 Å². The van der Waals surface area contributed by atoms with Crippen LogP contribution in [-0.2, 0) is 6.42 Å². The number of methoxy groups -OCH3 is 2. The normalized spacial score (nSPS) is 16.3. The summed E-state index contributed by atoms with van der Waals surface area (Å²) in [6, 6.07) is 3.84. The summed E-state index contributed by atoms with van der Waals surface area (Å²) in [6.45, 7) is 3.49. The zero-order valence-corrected chi connectivity index (χ0v) is 15.2. The van der Waals surface area contributed by atoms with Gasteiger partial charge in [0.05, 0.1) is 14.2 Å². The van der Waals surface area contributed by atoms with Gasteiger partial charge in [-0.3, -0.25) is 0 Å². The number of nitrogens with two attached hydrogens (primary N) is 1. The predicted octanol–water partition coefficient (Wildman–Crippen LogP) is 2.88. The molecule has 0 saturated carbocycles. The smallest absolute Gasteiger partial charge is 0.164 e. The molecule has 25 heavy (non-hydrogen) atoms. The fraction of sp³-hybridized carbons (Fsp3) is 0.526. The number of hydrogen-bond donors (Lipinski definition) is 2. The van der Waals surface area contributed by atoms with Gasteiger partial charge in [-0.1, -0.05) is 23.7 Å². The molecule has 1 fully saturated rings. The van der Waals surface area contributed by atoms with Gasteiger partial charge in [-0.05, 0) is 63.0 Å². The molecule has 0 radical (unpaired) electrons. The van der Waals surface area contributed by atoms with Crippen LogP contribution in [0.3, 0.4) is 0 Å². The van der Waals surface area contributed by atoms with Gasteiger partial charge >= 0.3 is 0 Å². The van der Waals surface area contributed by atoms with Gasteiger partial charge < -0.3 is 25.3 Å². The molecule has 1 saturated heterocycles. The number of nitrogens with zero attached hydrogens (tertiary/aromatic N) is 2. The Kier molecular flexibility index (Phi) is 7.60. The first kappa shape index (κ1) is 19.1. The molecule has 0 amide bonds. The highest BCUT2D eigenvalue weighted by atomic mass is 16.5. The summed E-state index contributed by atoms with van der Waals surface area (Å²) >= 11 is 0. The molecule has 0 unspecified atom stereocenters. The Morgan fingerprint density at radius 1 is 1.24 bits per heavy atom. The summed E-state index contributed by atoms with van der Waals surface area (Å²) < 4.78 is 11.0. The zero-order chi connectivity index (χ0) is 18.1. The number of hydrogen-bond acceptors (Lipinski definition) is 5. The standard InChI is InChI=1S/C19H29N3O3/c1-24-17-10-8-15(9-11-18(20)21-23)16(19(17)25-2)7-6-14-22-12-4-3-5-13-22/h8-11,23H,3-7,12-14H2,1-2H3,(H2,20,21). The molecule has 1 heterocycles. The van der Waals surface area contributed by atoms with Crippen molar-refractivity contribution in [3.63, 3.8) is 0 Å². The Balaban J connectivity index is 2.16. The average Bonchev–Trinajstić information content (AvgIpc) is 2.66. The molecule has 138 valence electrons. The van der Waals surface area contributed by atoms with Crippen molar-refractivity contribution in [1.82, 2.24) is 4.90 Å². The molecular formula is C19H29N3O3. The minimum atomic E-state index is 0.0639. The van der Waals surface area contributed by atoms with E-state index >= 15 is 0 Å². The van der Waals surface area contributed by atoms with E-state index in [1.165, 1.54) is 32.4 Å². The molecule has 0 aromatic heterocycles. The lowest BCUT2D eigenvalue weighted by Crippen LogP contribution is -2.30. The Morgan fingerprint density at radius 2 is 2.00 bits per heavy atom. The van der Waals surface area contributed by atoms with Crippen LogP contribution in [0, 0.1) is 0 Å². The predicted molar refractivity (Wildman–Crippen MR) is 101 cm³/mol. The molecule has 1 aromatic rings. The average molecular weight is 347 g/mol. The van der Waals surface area contributed by atoms with Crippen LogP contribution in [0.25, 0.3) is 6.08 Å². The monoisotopic (exact) mass is 347 g/mol. The van der Waals surface area contributed by atoms with Crippen LogP contribution >= 0.6 is 0 Å². The number of ether oxygens (including phenoxy) is 2. The molecule has 1 aromatic carbocycles. The van der Waals surface area contributed by atoms with Crippen molar-refractivity contribution in [2.24, 2.45) is 10.9 Å². The second-order valence-electron chi connectivity index (χ2n) is 6.23. The lowest BCUT2D eigenvalue weighted by Gasteiger charge is -2.26. The number of benzene rings is 1. The van der Waals surface area contributed by atoms with Gasteiger partial charge in [0.15, 0.2) is 17.3 Å². The van der Waals surface area contributed by atoms with Crippen molar-refractivity contribution in [3.8, 4) is 11.5 Å². The highest BCUT2D eigenvalue weighted by Crippen LogP contribution is 2.35. The van der Waals surface area contributed by atoms with E-state index in [0.717, 1.165) is 42.0 Å². The fourth-order valence-corrected chi connectivity index (χ4v) is 3.29. The van der Waals surface area contributed by atoms with E-state index in [-0.39, 0.29) is 5.84 Å². The molecule has 1 aliphatic rings. The van der Waals surface area contributed by atoms with Gasteiger partial charge in [0.25, 0.3) is 0 Å². The van der Waals surface area contributed by atoms with Crippen LogP contribution in [0.15, 0.2) is 23.4 Å². The van der Waals surface area contributed by atoms with E-state index in [1.807, 2.05) is 18.2 Å². The molecule has 0 atom stereocenters. The van der Waals surface area contributed by atoms with Crippen LogP contribution in [0.5, 0.6) is 11.5 Å². The number of amidine groups is 1. The van der Waals surface area contributed by atoms with Gasteiger partial charge in [-0.25, -0.2) is 0 Å². The second-order valence-corrected chi connectivity index (χ2v) is 6.23. The Labute approximate surface area is 149 Å². The third kappa shape index (κ3) is 5.39. The molecule has 2 rings (SSSR count). The third-order valence-electron chi connectivity index (χ3n) is 4.58. The molecule has 1 aliphatic heterocycles. The van der Waals surface area contributed by atoms with Crippen molar-refractivity contribution in [2.45, 2.75) is 32.1 Å². The molecule has 0 bridgehead atoms. The number of likely N-dealkylation sites (tertiary alicyclic amines) is 1. The molecule has 3 N–H and O–H groups in total. The van der Waals surface area contributed by atoms with E-state index in [9.17, 15) is 0 Å². The molecule has 6 heteroatoms. The van der Waals surface area contributed by atoms with Crippen molar-refractivity contribution in [2.75, 3.05) is 33.9 Å². The SMILES string of the molecule is COc1ccc(C=CC(N)=NO)c(CCCN2CCCCC2)c1OC. The maximum absolute atomic E-state index is 8.71. The van der Waals surface area contributed by atoms with Gasteiger partial charge in [-0.2, -0.15) is 0 Å². The van der Waals surface area contributed by atoms with Crippen LogP contribution < -0.4 is 15.2 Å². The lowest BCUT2D eigenvalue weighted by atomic mass is 9.99. The topological polar surface area (TPSA) is 80.3 Å². The second kappa shape index (κ2) is 9.93. The Morgan fingerprint density at radius 3 is 2.64 bits per heavy atom. The summed E-state index contributed by atoms with van der Waals surface area (Å²) in [6.07, 6.45) is 9.30. The third-order valence-corrected chi connectivity index (χ3v) is 4.58. The van der Waals surface area contributed by atoms with Crippen molar-refractivity contribution in [3.05, 3.63) is 29.3 Å². The summed E-state index contributed by atoms with van der Waals surface area (Å²) in [5.41, 5.74) is 7.62. The first-order valence-electron chi connectivity index (χ1n) is 8.81. The first-order chi connectivity index (χ1) is 12.2. The first-order valence-corrected chi connectivity index (χ1v) is 8.81. The molecule has 6 nitrogen and oxygen atoms in total. The quantitative estimate of drug-likeness (QED) is 0.327. The van der Waals surface area contributed by atoms with Gasteiger partial charge in [0, 0.05) is 5.56 Å². The lowest BCUT2D eigenvalue weighted by molar-refractivity contribution is 0.226. The van der Waals surface area contributed by atoms with E-state index in [2.05, 4.69) is 10.1 Å². The minimum Gasteiger partial charge on any atom is -0.493 e. The molecular weight excluding hydrogens is 318 g/mol. The summed E-state index contributed by atoms with van der Waals surface area (Å²) in [4.78, 5) is 2.53. The number of rotatable bonds is 8. The number of oxime groups is 1. The highest BCUT2D eigenvalue weighted by Gasteiger charge is 2.15. The largest absolute Gasteiger partial charge is 0.493 e. The van der Waals surface area contributed by atoms with E-state index in [0.29, 0.717) is 0 Å². The van der Waals surface area contributed by atoms with Crippen LogP contribution in [0.2, 0.25) is 0 Å². The maximum atomic E-state index is 8.71. The molecule has 0 aliphatic carbocycles. The van der Waals surface area contributed by atoms with Crippen LogP contribution in [-0.4, -0.2) is 49.8 Å². The highest BCUT2D eigenvalue weighted by molar-refractivity contribution is 5.94. The van der Waals surface area contributed by atoms with Crippen molar-refractivity contribution >= 4 is 11.9 Å². The van der Waals surface area contributed by atoms with Crippen molar-refractivity contribution < 1.29 is 14.7 Å². The van der Waals surface area contributed by atoms with E-state index in [1.54, 1.807) is 20.3 Å². The van der Waals surface area contributed by atoms with E-state index < -0.39 is 0 Å². The van der Waals surface area contributed by atoms with Crippen LogP contribution in [0.1, 0.15) is 36.8 Å².